The van der Waals surface area contributed by atoms with Crippen LogP contribution in [0.5, 0.6) is 0 Å². The van der Waals surface area contributed by atoms with E-state index in [4.69, 9.17) is 0 Å². The number of imide groups is 1. The van der Waals surface area contributed by atoms with E-state index >= 15 is 0 Å². The molecule has 2 aliphatic heterocycles. The van der Waals surface area contributed by atoms with Crippen LogP contribution in [0.15, 0.2) is 29.2 Å². The van der Waals surface area contributed by atoms with E-state index in [0.717, 1.165) is 17.0 Å². The van der Waals surface area contributed by atoms with Gasteiger partial charge in [0.2, 0.25) is 10.0 Å². The molecule has 0 aliphatic carbocycles. The molecule has 2 fully saturated rings. The molecule has 0 aromatic heterocycles. The first kappa shape index (κ1) is 14.9. The number of rotatable bonds is 3. The zero-order valence-electron chi connectivity index (χ0n) is 11.4. The fraction of sp³-hybridized carbons (Fsp3) is 0.385. The van der Waals surface area contributed by atoms with Crippen molar-refractivity contribution in [3.63, 3.8) is 0 Å². The highest BCUT2D eigenvalue weighted by Crippen LogP contribution is 2.25. The van der Waals surface area contributed by atoms with Crippen LogP contribution in [0.25, 0.3) is 0 Å². The van der Waals surface area contributed by atoms with Gasteiger partial charge < -0.3 is 4.74 Å². The lowest BCUT2D eigenvalue weighted by Crippen LogP contribution is -2.42. The van der Waals surface area contributed by atoms with Gasteiger partial charge in [-0.05, 0) is 30.7 Å². The Morgan fingerprint density at radius 3 is 2.45 bits per heavy atom. The molecule has 0 saturated carbocycles. The summed E-state index contributed by atoms with van der Waals surface area (Å²) < 4.78 is 43.6. The normalized spacial score (nSPS) is 23.1. The number of carbonyl (C=O) groups is 2. The molecule has 1 aromatic carbocycles. The number of nitrogens with zero attached hydrogens (tertiary/aromatic N) is 2. The second-order valence-corrected chi connectivity index (χ2v) is 7.02. The van der Waals surface area contributed by atoms with E-state index < -0.39 is 33.9 Å². The third-order valence-electron chi connectivity index (χ3n) is 3.73. The molecule has 1 aromatic rings. The summed E-state index contributed by atoms with van der Waals surface area (Å²) in [5, 5.41) is 0. The Labute approximate surface area is 126 Å². The van der Waals surface area contributed by atoms with Crippen molar-refractivity contribution in [2.45, 2.75) is 17.4 Å². The van der Waals surface area contributed by atoms with Gasteiger partial charge in [-0.15, -0.1) is 0 Å². The van der Waals surface area contributed by atoms with Gasteiger partial charge in [0.15, 0.2) is 6.61 Å². The van der Waals surface area contributed by atoms with Crippen LogP contribution < -0.4 is 0 Å². The first-order valence-corrected chi connectivity index (χ1v) is 8.08. The van der Waals surface area contributed by atoms with Crippen LogP contribution in [0.3, 0.4) is 0 Å². The summed E-state index contributed by atoms with van der Waals surface area (Å²) >= 11 is 0. The van der Waals surface area contributed by atoms with Crippen LogP contribution in [0.1, 0.15) is 6.42 Å². The topological polar surface area (TPSA) is 84.0 Å². The Balaban J connectivity index is 1.78. The van der Waals surface area contributed by atoms with Crippen LogP contribution in [0.2, 0.25) is 0 Å². The van der Waals surface area contributed by atoms with E-state index in [1.54, 1.807) is 0 Å². The molecule has 2 saturated heterocycles. The number of cyclic esters (lactones) is 1. The highest BCUT2D eigenvalue weighted by atomic mass is 32.2. The van der Waals surface area contributed by atoms with Crippen molar-refractivity contribution < 1.29 is 27.1 Å². The molecule has 22 heavy (non-hydrogen) atoms. The van der Waals surface area contributed by atoms with Gasteiger partial charge in [-0.2, -0.15) is 4.31 Å². The lowest BCUT2D eigenvalue weighted by Gasteiger charge is -2.20. The fourth-order valence-corrected chi connectivity index (χ4v) is 4.10. The molecule has 0 radical (unpaired) electrons. The van der Waals surface area contributed by atoms with Gasteiger partial charge in [-0.25, -0.2) is 22.5 Å². The molecule has 2 aliphatic rings. The lowest BCUT2D eigenvalue weighted by molar-refractivity contribution is -0.127. The van der Waals surface area contributed by atoms with Gasteiger partial charge in [0.25, 0.3) is 5.91 Å². The number of sulfonamides is 1. The molecule has 2 heterocycles. The molecular weight excluding hydrogens is 315 g/mol. The summed E-state index contributed by atoms with van der Waals surface area (Å²) in [7, 11) is -3.78. The highest BCUT2D eigenvalue weighted by Gasteiger charge is 2.43. The van der Waals surface area contributed by atoms with E-state index in [-0.39, 0.29) is 24.6 Å². The van der Waals surface area contributed by atoms with Gasteiger partial charge in [-0.3, -0.25) is 4.79 Å². The molecule has 1 unspecified atom stereocenters. The first-order valence-electron chi connectivity index (χ1n) is 6.64. The van der Waals surface area contributed by atoms with E-state index in [2.05, 4.69) is 4.74 Å². The minimum Gasteiger partial charge on any atom is -0.439 e. The van der Waals surface area contributed by atoms with Crippen molar-refractivity contribution >= 4 is 22.0 Å². The van der Waals surface area contributed by atoms with Gasteiger partial charge in [0, 0.05) is 13.1 Å². The Morgan fingerprint density at radius 1 is 1.18 bits per heavy atom. The highest BCUT2D eigenvalue weighted by molar-refractivity contribution is 7.89. The average Bonchev–Trinajstić information content (AvgIpc) is 3.07. The number of ether oxygens (including phenoxy) is 1. The molecule has 9 heteroatoms. The van der Waals surface area contributed by atoms with Crippen LogP contribution in [-0.2, 0) is 19.6 Å². The maximum Gasteiger partial charge on any atom is 0.417 e. The standard InChI is InChI=1S/C13H13FN2O5S/c14-9-1-3-11(4-2-9)22(19,20)15-6-5-10(7-15)16-12(17)8-21-13(16)18/h1-4,10H,5-8H2. The summed E-state index contributed by atoms with van der Waals surface area (Å²) in [5.74, 6) is -0.986. The van der Waals surface area contributed by atoms with E-state index in [1.165, 1.54) is 16.4 Å². The lowest BCUT2D eigenvalue weighted by atomic mass is 10.2. The van der Waals surface area contributed by atoms with Crippen molar-refractivity contribution in [1.82, 2.24) is 9.21 Å². The maximum absolute atomic E-state index is 12.9. The summed E-state index contributed by atoms with van der Waals surface area (Å²) in [6, 6.07) is 3.99. The monoisotopic (exact) mass is 328 g/mol. The van der Waals surface area contributed by atoms with Gasteiger partial charge in [-0.1, -0.05) is 0 Å². The molecule has 3 rings (SSSR count). The van der Waals surface area contributed by atoms with Crippen LogP contribution in [-0.4, -0.2) is 55.4 Å². The molecule has 0 spiro atoms. The number of hydrogen-bond donors (Lipinski definition) is 0. The Kier molecular flexibility index (Phi) is 3.61. The first-order chi connectivity index (χ1) is 10.4. The van der Waals surface area contributed by atoms with Gasteiger partial charge in [0.05, 0.1) is 10.9 Å². The predicted octanol–water partition coefficient (Wildman–Crippen LogP) is 0.568. The van der Waals surface area contributed by atoms with Crippen molar-refractivity contribution in [3.05, 3.63) is 30.1 Å². The summed E-state index contributed by atoms with van der Waals surface area (Å²) in [6.07, 6.45) is -0.391. The minimum atomic E-state index is -3.78. The predicted molar refractivity (Wildman–Crippen MR) is 71.8 cm³/mol. The SMILES string of the molecule is O=C1COC(=O)N1C1CCN(S(=O)(=O)c2ccc(F)cc2)C1. The Morgan fingerprint density at radius 2 is 1.86 bits per heavy atom. The number of benzene rings is 1. The van der Waals surface area contributed by atoms with Crippen molar-refractivity contribution in [2.24, 2.45) is 0 Å². The Hall–Kier alpha value is -2.00. The van der Waals surface area contributed by atoms with Crippen molar-refractivity contribution in [1.29, 1.82) is 0 Å². The third kappa shape index (κ3) is 2.46. The van der Waals surface area contributed by atoms with Gasteiger partial charge in [0.1, 0.15) is 5.82 Å². The third-order valence-corrected chi connectivity index (χ3v) is 5.61. The summed E-state index contributed by atoms with van der Waals surface area (Å²) in [4.78, 5) is 24.1. The van der Waals surface area contributed by atoms with Crippen molar-refractivity contribution in [2.75, 3.05) is 19.7 Å². The Bertz CT molecular complexity index is 702. The molecule has 0 N–H and O–H groups in total. The quantitative estimate of drug-likeness (QED) is 0.810. The second-order valence-electron chi connectivity index (χ2n) is 5.08. The molecular formula is C13H13FN2O5S. The molecule has 118 valence electrons. The van der Waals surface area contributed by atoms with Crippen LogP contribution >= 0.6 is 0 Å². The molecule has 2 amide bonds. The fourth-order valence-electron chi connectivity index (χ4n) is 2.61. The van der Waals surface area contributed by atoms with E-state index in [0.29, 0.717) is 6.42 Å². The van der Waals surface area contributed by atoms with E-state index in [1.807, 2.05) is 0 Å². The second kappa shape index (κ2) is 5.33. The van der Waals surface area contributed by atoms with Crippen LogP contribution in [0.4, 0.5) is 9.18 Å². The largest absolute Gasteiger partial charge is 0.439 e. The average molecular weight is 328 g/mol. The van der Waals surface area contributed by atoms with E-state index in [9.17, 15) is 22.4 Å². The zero-order chi connectivity index (χ0) is 15.9. The number of hydrogen-bond acceptors (Lipinski definition) is 5. The molecule has 1 atom stereocenters. The summed E-state index contributed by atoms with van der Waals surface area (Å²) in [6.45, 7) is -0.109. The number of halogens is 1. The zero-order valence-corrected chi connectivity index (χ0v) is 12.3. The molecule has 7 nitrogen and oxygen atoms in total. The number of amides is 2. The van der Waals surface area contributed by atoms with Crippen LogP contribution in [0, 0.1) is 5.82 Å². The van der Waals surface area contributed by atoms with Crippen molar-refractivity contribution in [3.8, 4) is 0 Å². The minimum absolute atomic E-state index is 0.0144. The summed E-state index contributed by atoms with van der Waals surface area (Å²) in [5.41, 5.74) is 0. The van der Waals surface area contributed by atoms with Gasteiger partial charge >= 0.3 is 6.09 Å². The number of carbonyl (C=O) groups excluding carboxylic acids is 2. The molecule has 0 bridgehead atoms. The smallest absolute Gasteiger partial charge is 0.417 e. The maximum atomic E-state index is 12.9.